The van der Waals surface area contributed by atoms with Crippen LogP contribution in [-0.4, -0.2) is 38.7 Å². The average molecular weight is 281 g/mol. The zero-order valence-corrected chi connectivity index (χ0v) is 10.7. The van der Waals surface area contributed by atoms with Gasteiger partial charge in [-0.2, -0.15) is 0 Å². The molecule has 1 aliphatic rings. The van der Waals surface area contributed by atoms with Gasteiger partial charge < -0.3 is 15.5 Å². The van der Waals surface area contributed by atoms with Crippen molar-refractivity contribution in [1.82, 2.24) is 4.98 Å². The van der Waals surface area contributed by atoms with Gasteiger partial charge in [-0.25, -0.2) is 9.78 Å². The normalized spacial score (nSPS) is 21.6. The van der Waals surface area contributed by atoms with Gasteiger partial charge in [-0.15, -0.1) is 0 Å². The van der Waals surface area contributed by atoms with Gasteiger partial charge in [0.2, 0.25) is 0 Å². The lowest BCUT2D eigenvalue weighted by atomic mass is 10.1. The summed E-state index contributed by atoms with van der Waals surface area (Å²) in [5, 5.41) is 32.3. The largest absolute Gasteiger partial charge is 0.477 e. The number of nitrogens with zero attached hydrogens (tertiary/aromatic N) is 2. The van der Waals surface area contributed by atoms with Gasteiger partial charge in [-0.05, 0) is 12.8 Å². The van der Waals surface area contributed by atoms with Crippen molar-refractivity contribution in [2.24, 2.45) is 5.92 Å². The van der Waals surface area contributed by atoms with Crippen molar-refractivity contribution in [2.75, 3.05) is 11.9 Å². The van der Waals surface area contributed by atoms with Crippen molar-refractivity contribution in [3.8, 4) is 0 Å². The number of aliphatic hydroxyl groups excluding tert-OH is 1. The third-order valence-corrected chi connectivity index (χ3v) is 3.47. The Bertz CT molecular complexity index is 534. The van der Waals surface area contributed by atoms with Crippen LogP contribution in [-0.2, 0) is 0 Å². The lowest BCUT2D eigenvalue weighted by Gasteiger charge is -2.15. The first-order valence-electron chi connectivity index (χ1n) is 6.28. The van der Waals surface area contributed by atoms with Crippen LogP contribution in [0.15, 0.2) is 12.3 Å². The third kappa shape index (κ3) is 3.02. The summed E-state index contributed by atoms with van der Waals surface area (Å²) in [4.78, 5) is 24.7. The highest BCUT2D eigenvalue weighted by Crippen LogP contribution is 2.26. The number of anilines is 1. The van der Waals surface area contributed by atoms with E-state index in [1.54, 1.807) is 0 Å². The molecule has 0 aliphatic heterocycles. The number of carbonyl (C=O) groups is 1. The summed E-state index contributed by atoms with van der Waals surface area (Å²) in [6.45, 7) is 0.463. The Hall–Kier alpha value is -2.22. The Morgan fingerprint density at radius 3 is 2.85 bits per heavy atom. The predicted molar refractivity (Wildman–Crippen MR) is 69.7 cm³/mol. The number of aromatic nitrogens is 1. The molecular formula is C12H15N3O5. The summed E-state index contributed by atoms with van der Waals surface area (Å²) in [6, 6.07) is 1.14. The van der Waals surface area contributed by atoms with Crippen molar-refractivity contribution in [3.63, 3.8) is 0 Å². The van der Waals surface area contributed by atoms with Crippen molar-refractivity contribution in [3.05, 3.63) is 27.9 Å². The van der Waals surface area contributed by atoms with Crippen LogP contribution in [0.2, 0.25) is 0 Å². The van der Waals surface area contributed by atoms with E-state index in [1.807, 2.05) is 0 Å². The molecule has 2 atom stereocenters. The molecule has 0 bridgehead atoms. The molecule has 8 nitrogen and oxygen atoms in total. The van der Waals surface area contributed by atoms with E-state index < -0.39 is 22.1 Å². The smallest absolute Gasteiger partial charge is 0.342 e. The zero-order chi connectivity index (χ0) is 14.7. The third-order valence-electron chi connectivity index (χ3n) is 3.47. The van der Waals surface area contributed by atoms with Gasteiger partial charge in [0, 0.05) is 18.5 Å². The lowest BCUT2D eigenvalue weighted by Crippen LogP contribution is -2.22. The number of pyridine rings is 1. The molecule has 2 unspecified atom stereocenters. The Morgan fingerprint density at radius 1 is 1.55 bits per heavy atom. The molecule has 0 spiro atoms. The molecule has 20 heavy (non-hydrogen) atoms. The molecule has 0 radical (unpaired) electrons. The van der Waals surface area contributed by atoms with E-state index in [9.17, 15) is 20.0 Å². The minimum absolute atomic E-state index is 0.0975. The number of nitro groups is 1. The van der Waals surface area contributed by atoms with Crippen LogP contribution in [0.4, 0.5) is 11.5 Å². The molecule has 0 amide bonds. The molecule has 1 heterocycles. The van der Waals surface area contributed by atoms with Crippen LogP contribution in [0.3, 0.4) is 0 Å². The Labute approximate surface area is 114 Å². The molecule has 1 aromatic heterocycles. The summed E-state index contributed by atoms with van der Waals surface area (Å²) >= 11 is 0. The van der Waals surface area contributed by atoms with E-state index in [0.29, 0.717) is 6.54 Å². The van der Waals surface area contributed by atoms with Crippen molar-refractivity contribution < 1.29 is 19.9 Å². The molecule has 2 rings (SSSR count). The first-order valence-corrected chi connectivity index (χ1v) is 6.28. The number of aliphatic hydroxyl groups is 1. The topological polar surface area (TPSA) is 126 Å². The maximum Gasteiger partial charge on any atom is 0.342 e. The molecule has 1 fully saturated rings. The van der Waals surface area contributed by atoms with E-state index in [4.69, 9.17) is 5.11 Å². The van der Waals surface area contributed by atoms with Gasteiger partial charge >= 0.3 is 11.7 Å². The Morgan fingerprint density at radius 2 is 2.30 bits per heavy atom. The molecule has 0 saturated heterocycles. The molecule has 108 valence electrons. The maximum atomic E-state index is 11.0. The molecule has 1 aromatic rings. The highest BCUT2D eigenvalue weighted by atomic mass is 16.6. The Kier molecular flexibility index (Phi) is 4.14. The van der Waals surface area contributed by atoms with Crippen LogP contribution >= 0.6 is 0 Å². The first kappa shape index (κ1) is 14.2. The number of rotatable bonds is 5. The van der Waals surface area contributed by atoms with Crippen LogP contribution < -0.4 is 5.32 Å². The van der Waals surface area contributed by atoms with Crippen LogP contribution in [0.5, 0.6) is 0 Å². The quantitative estimate of drug-likeness (QED) is 0.547. The molecule has 0 aromatic carbocycles. The number of carboxylic acid groups (broad SMARTS) is 1. The van der Waals surface area contributed by atoms with Gasteiger partial charge in [-0.1, -0.05) is 6.42 Å². The SMILES string of the molecule is O=C(O)c1cc(NCC2CCCC2O)ncc1[N+](=O)[O-]. The highest BCUT2D eigenvalue weighted by Gasteiger charge is 2.25. The first-order chi connectivity index (χ1) is 9.49. The monoisotopic (exact) mass is 281 g/mol. The number of hydrogen-bond acceptors (Lipinski definition) is 6. The van der Waals surface area contributed by atoms with E-state index in [0.717, 1.165) is 31.5 Å². The van der Waals surface area contributed by atoms with Crippen LogP contribution in [0.25, 0.3) is 0 Å². The van der Waals surface area contributed by atoms with Gasteiger partial charge in [0.15, 0.2) is 0 Å². The predicted octanol–water partition coefficient (Wildman–Crippen LogP) is 1.26. The summed E-state index contributed by atoms with van der Waals surface area (Å²) in [5.41, 5.74) is -0.941. The minimum atomic E-state index is -1.37. The van der Waals surface area contributed by atoms with Crippen molar-refractivity contribution >= 4 is 17.5 Å². The summed E-state index contributed by atoms with van der Waals surface area (Å²) in [5.74, 6) is -1.02. The fourth-order valence-electron chi connectivity index (χ4n) is 2.35. The molecule has 3 N–H and O–H groups in total. The fraction of sp³-hybridized carbons (Fsp3) is 0.500. The van der Waals surface area contributed by atoms with E-state index in [1.165, 1.54) is 0 Å². The van der Waals surface area contributed by atoms with Crippen molar-refractivity contribution in [1.29, 1.82) is 0 Å². The number of aromatic carboxylic acids is 1. The average Bonchev–Trinajstić information content (AvgIpc) is 2.81. The van der Waals surface area contributed by atoms with Gasteiger partial charge in [-0.3, -0.25) is 10.1 Å². The number of nitrogens with one attached hydrogen (secondary N) is 1. The number of hydrogen-bond donors (Lipinski definition) is 3. The van der Waals surface area contributed by atoms with Gasteiger partial charge in [0.25, 0.3) is 0 Å². The van der Waals surface area contributed by atoms with Crippen LogP contribution in [0, 0.1) is 16.0 Å². The van der Waals surface area contributed by atoms with Gasteiger partial charge in [0.05, 0.1) is 11.0 Å². The second-order valence-corrected chi connectivity index (χ2v) is 4.79. The second kappa shape index (κ2) is 5.83. The minimum Gasteiger partial charge on any atom is -0.477 e. The van der Waals surface area contributed by atoms with E-state index >= 15 is 0 Å². The lowest BCUT2D eigenvalue weighted by molar-refractivity contribution is -0.385. The molecular weight excluding hydrogens is 266 g/mol. The number of carboxylic acids is 1. The fourth-order valence-corrected chi connectivity index (χ4v) is 2.35. The molecule has 8 heteroatoms. The summed E-state index contributed by atoms with van der Waals surface area (Å²) in [6.07, 6.45) is 3.19. The zero-order valence-electron chi connectivity index (χ0n) is 10.7. The Balaban J connectivity index is 2.11. The van der Waals surface area contributed by atoms with Crippen molar-refractivity contribution in [2.45, 2.75) is 25.4 Å². The standard InChI is InChI=1S/C12H15N3O5/c16-10-3-1-2-7(10)5-13-11-4-8(12(17)18)9(6-14-11)15(19)20/h4,6-7,10,16H,1-3,5H2,(H,13,14)(H,17,18). The van der Waals surface area contributed by atoms with Crippen LogP contribution in [0.1, 0.15) is 29.6 Å². The second-order valence-electron chi connectivity index (χ2n) is 4.79. The van der Waals surface area contributed by atoms with Gasteiger partial charge in [0.1, 0.15) is 17.6 Å². The maximum absolute atomic E-state index is 11.0. The van der Waals surface area contributed by atoms with E-state index in [2.05, 4.69) is 10.3 Å². The summed E-state index contributed by atoms with van der Waals surface area (Å²) < 4.78 is 0. The summed E-state index contributed by atoms with van der Waals surface area (Å²) in [7, 11) is 0. The molecule has 1 saturated carbocycles. The highest BCUT2D eigenvalue weighted by molar-refractivity contribution is 5.93. The van der Waals surface area contributed by atoms with E-state index in [-0.39, 0.29) is 17.8 Å². The molecule has 1 aliphatic carbocycles.